The Balaban J connectivity index is 2.25. The van der Waals surface area contributed by atoms with Crippen molar-refractivity contribution in [2.24, 2.45) is 0 Å². The number of benzene rings is 1. The predicted molar refractivity (Wildman–Crippen MR) is 75.3 cm³/mol. The molecule has 100 valence electrons. The Morgan fingerprint density at radius 3 is 2.63 bits per heavy atom. The van der Waals surface area contributed by atoms with Gasteiger partial charge in [-0.05, 0) is 37.1 Å². The highest BCUT2D eigenvalue weighted by Crippen LogP contribution is 2.28. The van der Waals surface area contributed by atoms with Gasteiger partial charge in [0, 0.05) is 10.0 Å². The minimum Gasteiger partial charge on any atom is -0.481 e. The molecule has 0 unspecified atom stereocenters. The summed E-state index contributed by atoms with van der Waals surface area (Å²) < 4.78 is 6.06. The number of rotatable bonds is 4. The van der Waals surface area contributed by atoms with E-state index in [-0.39, 0.29) is 11.0 Å². The maximum absolute atomic E-state index is 10.5. The number of aromatic nitrogens is 2. The van der Waals surface area contributed by atoms with Gasteiger partial charge in [-0.15, -0.1) is 0 Å². The average molecular weight is 343 g/mol. The molecule has 5 nitrogen and oxygen atoms in total. The lowest BCUT2D eigenvalue weighted by Crippen LogP contribution is -1.97. The van der Waals surface area contributed by atoms with Gasteiger partial charge in [-0.2, -0.15) is 4.98 Å². The van der Waals surface area contributed by atoms with E-state index in [9.17, 15) is 4.79 Å². The Hall–Kier alpha value is -1.34. The minimum atomic E-state index is -0.917. The molecule has 0 saturated heterocycles. The zero-order valence-corrected chi connectivity index (χ0v) is 12.7. The number of hydrogen-bond donors (Lipinski definition) is 1. The van der Waals surface area contributed by atoms with Crippen LogP contribution in [0.5, 0.6) is 0 Å². The molecular weight excluding hydrogens is 332 g/mol. The topological polar surface area (TPSA) is 76.2 Å². The molecule has 0 bridgehead atoms. The third-order valence-electron chi connectivity index (χ3n) is 2.42. The second-order valence-corrected chi connectivity index (χ2v) is 5.71. The molecule has 0 radical (unpaired) electrons. The van der Waals surface area contributed by atoms with Crippen LogP contribution >= 0.6 is 27.7 Å². The van der Waals surface area contributed by atoms with Gasteiger partial charge in [0.15, 0.2) is 0 Å². The molecule has 1 N–H and O–H groups in total. The van der Waals surface area contributed by atoms with Crippen molar-refractivity contribution >= 4 is 33.7 Å². The number of aliphatic carboxylic acids is 1. The lowest BCUT2D eigenvalue weighted by Gasteiger charge is -2.04. The van der Waals surface area contributed by atoms with E-state index in [2.05, 4.69) is 26.1 Å². The first-order valence-corrected chi connectivity index (χ1v) is 7.20. The molecule has 0 aliphatic carbocycles. The van der Waals surface area contributed by atoms with E-state index in [1.54, 1.807) is 0 Å². The van der Waals surface area contributed by atoms with E-state index in [0.717, 1.165) is 32.9 Å². The largest absolute Gasteiger partial charge is 0.481 e. The van der Waals surface area contributed by atoms with Crippen LogP contribution in [0, 0.1) is 13.8 Å². The summed E-state index contributed by atoms with van der Waals surface area (Å²) in [5, 5.41) is 12.7. The molecule has 0 saturated carbocycles. The van der Waals surface area contributed by atoms with Crippen molar-refractivity contribution in [2.75, 3.05) is 5.75 Å². The zero-order chi connectivity index (χ0) is 14.0. The SMILES string of the molecule is Cc1cc(-c2noc(SCC(=O)O)n2)cc(C)c1Br. The predicted octanol–water partition coefficient (Wildman–Crippen LogP) is 3.29. The number of hydrogen-bond acceptors (Lipinski definition) is 5. The Kier molecular flexibility index (Phi) is 4.26. The van der Waals surface area contributed by atoms with E-state index in [4.69, 9.17) is 9.63 Å². The van der Waals surface area contributed by atoms with Crippen LogP contribution in [0.4, 0.5) is 0 Å². The van der Waals surface area contributed by atoms with Crippen LogP contribution in [-0.2, 0) is 4.79 Å². The van der Waals surface area contributed by atoms with Crippen molar-refractivity contribution in [1.82, 2.24) is 10.1 Å². The van der Waals surface area contributed by atoms with Crippen LogP contribution in [0.15, 0.2) is 26.4 Å². The smallest absolute Gasteiger partial charge is 0.314 e. The summed E-state index contributed by atoms with van der Waals surface area (Å²) in [7, 11) is 0. The van der Waals surface area contributed by atoms with Crippen LogP contribution in [-0.4, -0.2) is 27.0 Å². The maximum atomic E-state index is 10.5. The van der Waals surface area contributed by atoms with Crippen molar-refractivity contribution in [2.45, 2.75) is 19.1 Å². The summed E-state index contributed by atoms with van der Waals surface area (Å²) in [6.07, 6.45) is 0. The standard InChI is InChI=1S/C12H11BrN2O3S/c1-6-3-8(4-7(2)10(6)13)11-14-12(18-15-11)19-5-9(16)17/h3-4H,5H2,1-2H3,(H,16,17). The Bertz CT molecular complexity index is 604. The molecule has 1 heterocycles. The Morgan fingerprint density at radius 2 is 2.05 bits per heavy atom. The van der Waals surface area contributed by atoms with Crippen LogP contribution < -0.4 is 0 Å². The molecule has 0 fully saturated rings. The van der Waals surface area contributed by atoms with Crippen LogP contribution in [0.2, 0.25) is 0 Å². The van der Waals surface area contributed by atoms with Gasteiger partial charge >= 0.3 is 5.97 Å². The quantitative estimate of drug-likeness (QED) is 0.859. The van der Waals surface area contributed by atoms with Gasteiger partial charge < -0.3 is 9.63 Å². The number of carboxylic acid groups (broad SMARTS) is 1. The lowest BCUT2D eigenvalue weighted by atomic mass is 10.1. The van der Waals surface area contributed by atoms with Crippen molar-refractivity contribution in [3.05, 3.63) is 27.7 Å². The van der Waals surface area contributed by atoms with E-state index in [1.807, 2.05) is 26.0 Å². The Morgan fingerprint density at radius 1 is 1.42 bits per heavy atom. The van der Waals surface area contributed by atoms with Gasteiger partial charge in [0.25, 0.3) is 5.22 Å². The highest BCUT2D eigenvalue weighted by molar-refractivity contribution is 9.10. The summed E-state index contributed by atoms with van der Waals surface area (Å²) in [6, 6.07) is 3.90. The minimum absolute atomic E-state index is 0.0972. The first kappa shape index (κ1) is 14.1. The fourth-order valence-electron chi connectivity index (χ4n) is 1.58. The highest BCUT2D eigenvalue weighted by Gasteiger charge is 2.12. The number of carboxylic acids is 1. The molecule has 2 aromatic rings. The number of nitrogens with zero attached hydrogens (tertiary/aromatic N) is 2. The summed E-state index contributed by atoms with van der Waals surface area (Å²) in [4.78, 5) is 14.6. The molecule has 0 spiro atoms. The number of carbonyl (C=O) groups is 1. The average Bonchev–Trinajstić information content (AvgIpc) is 2.81. The highest BCUT2D eigenvalue weighted by atomic mass is 79.9. The van der Waals surface area contributed by atoms with E-state index in [1.165, 1.54) is 0 Å². The van der Waals surface area contributed by atoms with E-state index in [0.29, 0.717) is 5.82 Å². The van der Waals surface area contributed by atoms with Crippen molar-refractivity contribution in [1.29, 1.82) is 0 Å². The molecule has 0 aliphatic heterocycles. The third kappa shape index (κ3) is 3.36. The molecule has 1 aromatic carbocycles. The number of halogens is 1. The van der Waals surface area contributed by atoms with Gasteiger partial charge in [0.1, 0.15) is 5.75 Å². The van der Waals surface area contributed by atoms with Gasteiger partial charge in [0.2, 0.25) is 5.82 Å². The van der Waals surface area contributed by atoms with E-state index >= 15 is 0 Å². The second kappa shape index (κ2) is 5.75. The molecule has 1 aromatic heterocycles. The van der Waals surface area contributed by atoms with Crippen LogP contribution in [0.25, 0.3) is 11.4 Å². The number of aryl methyl sites for hydroxylation is 2. The van der Waals surface area contributed by atoms with Crippen molar-refractivity contribution in [3.8, 4) is 11.4 Å². The fraction of sp³-hybridized carbons (Fsp3) is 0.250. The van der Waals surface area contributed by atoms with Crippen LogP contribution in [0.1, 0.15) is 11.1 Å². The van der Waals surface area contributed by atoms with Gasteiger partial charge in [0.05, 0.1) is 0 Å². The fourth-order valence-corrected chi connectivity index (χ4v) is 2.30. The first-order chi connectivity index (χ1) is 8.97. The third-order valence-corrected chi connectivity index (χ3v) is 4.48. The first-order valence-electron chi connectivity index (χ1n) is 5.43. The molecule has 0 atom stereocenters. The monoisotopic (exact) mass is 342 g/mol. The normalized spacial score (nSPS) is 10.7. The number of thioether (sulfide) groups is 1. The lowest BCUT2D eigenvalue weighted by molar-refractivity contribution is -0.133. The van der Waals surface area contributed by atoms with Crippen molar-refractivity contribution in [3.63, 3.8) is 0 Å². The summed E-state index contributed by atoms with van der Waals surface area (Å²) >= 11 is 4.50. The summed E-state index contributed by atoms with van der Waals surface area (Å²) in [6.45, 7) is 3.97. The van der Waals surface area contributed by atoms with Crippen LogP contribution in [0.3, 0.4) is 0 Å². The summed E-state index contributed by atoms with van der Waals surface area (Å²) in [5.41, 5.74) is 3.02. The molecule has 2 rings (SSSR count). The molecule has 0 aliphatic rings. The van der Waals surface area contributed by atoms with Crippen molar-refractivity contribution < 1.29 is 14.4 Å². The summed E-state index contributed by atoms with van der Waals surface area (Å²) in [5.74, 6) is -0.549. The molecule has 7 heteroatoms. The van der Waals surface area contributed by atoms with Gasteiger partial charge in [-0.25, -0.2) is 0 Å². The Labute approximate surface area is 122 Å². The van der Waals surface area contributed by atoms with E-state index < -0.39 is 5.97 Å². The zero-order valence-electron chi connectivity index (χ0n) is 10.3. The van der Waals surface area contributed by atoms with Gasteiger partial charge in [-0.3, -0.25) is 4.79 Å². The van der Waals surface area contributed by atoms with Gasteiger partial charge in [-0.1, -0.05) is 32.8 Å². The molecule has 0 amide bonds. The maximum Gasteiger partial charge on any atom is 0.314 e. The molecule has 19 heavy (non-hydrogen) atoms. The molecular formula is C12H11BrN2O3S. The second-order valence-electron chi connectivity index (χ2n) is 3.99.